The zero-order valence-corrected chi connectivity index (χ0v) is 19.3. The van der Waals surface area contributed by atoms with Crippen LogP contribution >= 0.6 is 24.0 Å². The molecule has 2 aromatic carbocycles. The van der Waals surface area contributed by atoms with Gasteiger partial charge in [-0.1, -0.05) is 18.2 Å². The SMILES string of the molecule is CCOc1cc(C)ccc1CN=C(N)NCCc1ccc(OC)c(OC)c1.I. The van der Waals surface area contributed by atoms with Gasteiger partial charge >= 0.3 is 0 Å². The lowest BCUT2D eigenvalue weighted by atomic mass is 10.1. The molecule has 2 rings (SSSR count). The van der Waals surface area contributed by atoms with Crippen LogP contribution in [-0.4, -0.2) is 33.3 Å². The lowest BCUT2D eigenvalue weighted by molar-refractivity contribution is 0.336. The lowest BCUT2D eigenvalue weighted by Gasteiger charge is -2.11. The number of guanidine groups is 1. The number of methoxy groups -OCH3 is 2. The Hall–Kier alpha value is -2.16. The highest BCUT2D eigenvalue weighted by Crippen LogP contribution is 2.27. The molecule has 0 aliphatic rings. The quantitative estimate of drug-likeness (QED) is 0.313. The molecule has 0 spiro atoms. The first kappa shape index (κ1) is 23.9. The van der Waals surface area contributed by atoms with Crippen LogP contribution in [-0.2, 0) is 13.0 Å². The molecule has 0 aliphatic heterocycles. The minimum Gasteiger partial charge on any atom is -0.494 e. The van der Waals surface area contributed by atoms with Gasteiger partial charge in [-0.3, -0.25) is 0 Å². The number of nitrogens with one attached hydrogen (secondary N) is 1. The molecule has 0 fully saturated rings. The Balaban J connectivity index is 0.00000392. The van der Waals surface area contributed by atoms with Crippen LogP contribution in [0, 0.1) is 6.92 Å². The molecular weight excluding hydrogens is 469 g/mol. The Labute approximate surface area is 184 Å². The lowest BCUT2D eigenvalue weighted by Crippen LogP contribution is -2.33. The summed E-state index contributed by atoms with van der Waals surface area (Å²) in [5, 5.41) is 3.15. The summed E-state index contributed by atoms with van der Waals surface area (Å²) in [6, 6.07) is 12.0. The van der Waals surface area contributed by atoms with Gasteiger partial charge in [0.05, 0.1) is 27.4 Å². The van der Waals surface area contributed by atoms with Gasteiger partial charge in [0, 0.05) is 12.1 Å². The number of benzene rings is 2. The highest BCUT2D eigenvalue weighted by Gasteiger charge is 2.05. The standard InChI is InChI=1S/C21H29N3O3.HI/c1-5-27-19-12-15(2)6-8-17(19)14-24-21(22)23-11-10-16-7-9-18(25-3)20(13-16)26-4;/h6-9,12-13H,5,10-11,14H2,1-4H3,(H3,22,23,24);1H. The zero-order chi connectivity index (χ0) is 19.6. The highest BCUT2D eigenvalue weighted by atomic mass is 127. The average Bonchev–Trinajstić information content (AvgIpc) is 2.67. The van der Waals surface area contributed by atoms with Gasteiger partial charge in [-0.15, -0.1) is 24.0 Å². The van der Waals surface area contributed by atoms with Crippen LogP contribution < -0.4 is 25.3 Å². The van der Waals surface area contributed by atoms with Crippen LogP contribution in [0.25, 0.3) is 0 Å². The zero-order valence-electron chi connectivity index (χ0n) is 17.0. The van der Waals surface area contributed by atoms with Gasteiger partial charge in [-0.25, -0.2) is 4.99 Å². The van der Waals surface area contributed by atoms with Gasteiger partial charge in [-0.05, 0) is 49.6 Å². The van der Waals surface area contributed by atoms with E-state index in [1.165, 1.54) is 0 Å². The van der Waals surface area contributed by atoms with Crippen molar-refractivity contribution >= 4 is 29.9 Å². The first-order valence-electron chi connectivity index (χ1n) is 9.04. The van der Waals surface area contributed by atoms with Crippen molar-refractivity contribution in [3.8, 4) is 17.2 Å². The monoisotopic (exact) mass is 499 g/mol. The number of nitrogens with zero attached hydrogens (tertiary/aromatic N) is 1. The van der Waals surface area contributed by atoms with Crippen LogP contribution in [0.15, 0.2) is 41.4 Å². The van der Waals surface area contributed by atoms with Gasteiger partial charge in [0.1, 0.15) is 5.75 Å². The molecule has 0 aromatic heterocycles. The molecule has 0 unspecified atom stereocenters. The van der Waals surface area contributed by atoms with Crippen molar-refractivity contribution in [2.75, 3.05) is 27.4 Å². The third-order valence-electron chi connectivity index (χ3n) is 4.11. The summed E-state index contributed by atoms with van der Waals surface area (Å²) in [7, 11) is 3.26. The molecule has 2 aromatic rings. The molecule has 0 aliphatic carbocycles. The molecule has 7 heteroatoms. The minimum absolute atomic E-state index is 0. The van der Waals surface area contributed by atoms with E-state index in [1.807, 2.05) is 50.2 Å². The number of aryl methyl sites for hydroxylation is 1. The van der Waals surface area contributed by atoms with Gasteiger partial charge in [0.25, 0.3) is 0 Å². The van der Waals surface area contributed by atoms with Crippen molar-refractivity contribution in [3.05, 3.63) is 53.1 Å². The second-order valence-electron chi connectivity index (χ2n) is 6.11. The third kappa shape index (κ3) is 7.10. The van der Waals surface area contributed by atoms with E-state index in [0.717, 1.165) is 40.4 Å². The van der Waals surface area contributed by atoms with E-state index in [-0.39, 0.29) is 24.0 Å². The van der Waals surface area contributed by atoms with Crippen LogP contribution in [0.2, 0.25) is 0 Å². The number of rotatable bonds is 9. The predicted octanol–water partition coefficient (Wildman–Crippen LogP) is 3.68. The van der Waals surface area contributed by atoms with Crippen molar-refractivity contribution in [3.63, 3.8) is 0 Å². The van der Waals surface area contributed by atoms with E-state index in [4.69, 9.17) is 19.9 Å². The fraction of sp³-hybridized carbons (Fsp3) is 0.381. The normalized spacial score (nSPS) is 10.8. The molecule has 0 bridgehead atoms. The summed E-state index contributed by atoms with van der Waals surface area (Å²) in [4.78, 5) is 4.42. The van der Waals surface area contributed by atoms with Crippen molar-refractivity contribution in [1.82, 2.24) is 5.32 Å². The minimum atomic E-state index is 0. The van der Waals surface area contributed by atoms with E-state index in [1.54, 1.807) is 14.2 Å². The molecule has 6 nitrogen and oxygen atoms in total. The average molecular weight is 499 g/mol. The summed E-state index contributed by atoms with van der Waals surface area (Å²) in [6.45, 7) is 5.79. The summed E-state index contributed by atoms with van der Waals surface area (Å²) in [5.41, 5.74) is 9.30. The molecule has 0 radical (unpaired) electrons. The predicted molar refractivity (Wildman–Crippen MR) is 124 cm³/mol. The molecule has 3 N–H and O–H groups in total. The number of aliphatic imine (C=N–C) groups is 1. The maximum Gasteiger partial charge on any atom is 0.188 e. The van der Waals surface area contributed by atoms with Gasteiger partial charge in [-0.2, -0.15) is 0 Å². The maximum absolute atomic E-state index is 5.99. The molecule has 0 saturated heterocycles. The highest BCUT2D eigenvalue weighted by molar-refractivity contribution is 14.0. The van der Waals surface area contributed by atoms with E-state index in [0.29, 0.717) is 25.7 Å². The second-order valence-corrected chi connectivity index (χ2v) is 6.11. The molecular formula is C21H30IN3O3. The molecule has 28 heavy (non-hydrogen) atoms. The maximum atomic E-state index is 5.99. The smallest absolute Gasteiger partial charge is 0.188 e. The molecule has 0 saturated carbocycles. The second kappa shape index (κ2) is 12.3. The van der Waals surface area contributed by atoms with E-state index >= 15 is 0 Å². The molecule has 0 amide bonds. The molecule has 154 valence electrons. The fourth-order valence-electron chi connectivity index (χ4n) is 2.68. The first-order chi connectivity index (χ1) is 13.1. The Morgan fingerprint density at radius 2 is 1.79 bits per heavy atom. The van der Waals surface area contributed by atoms with Gasteiger partial charge in [0.15, 0.2) is 17.5 Å². The van der Waals surface area contributed by atoms with Crippen molar-refractivity contribution in [2.45, 2.75) is 26.8 Å². The Bertz CT molecular complexity index is 781. The van der Waals surface area contributed by atoms with E-state index in [2.05, 4.69) is 10.3 Å². The Morgan fingerprint density at radius 3 is 2.46 bits per heavy atom. The van der Waals surface area contributed by atoms with Crippen LogP contribution in [0.4, 0.5) is 0 Å². The van der Waals surface area contributed by atoms with Crippen molar-refractivity contribution < 1.29 is 14.2 Å². The topological polar surface area (TPSA) is 78.1 Å². The van der Waals surface area contributed by atoms with Gasteiger partial charge < -0.3 is 25.3 Å². The summed E-state index contributed by atoms with van der Waals surface area (Å²) in [5.74, 6) is 2.72. The number of hydrogen-bond donors (Lipinski definition) is 2. The number of ether oxygens (including phenoxy) is 3. The van der Waals surface area contributed by atoms with Crippen LogP contribution in [0.3, 0.4) is 0 Å². The van der Waals surface area contributed by atoms with E-state index < -0.39 is 0 Å². The first-order valence-corrected chi connectivity index (χ1v) is 9.04. The Morgan fingerprint density at radius 1 is 1.04 bits per heavy atom. The van der Waals surface area contributed by atoms with E-state index in [9.17, 15) is 0 Å². The van der Waals surface area contributed by atoms with Crippen molar-refractivity contribution in [2.24, 2.45) is 10.7 Å². The summed E-state index contributed by atoms with van der Waals surface area (Å²) in [6.07, 6.45) is 0.797. The largest absolute Gasteiger partial charge is 0.494 e. The Kier molecular flexibility index (Phi) is 10.5. The summed E-state index contributed by atoms with van der Waals surface area (Å²) < 4.78 is 16.3. The van der Waals surface area contributed by atoms with Gasteiger partial charge in [0.2, 0.25) is 0 Å². The third-order valence-corrected chi connectivity index (χ3v) is 4.11. The number of halogens is 1. The molecule has 0 atom stereocenters. The molecule has 0 heterocycles. The van der Waals surface area contributed by atoms with Crippen molar-refractivity contribution in [1.29, 1.82) is 0 Å². The van der Waals surface area contributed by atoms with Crippen LogP contribution in [0.1, 0.15) is 23.6 Å². The summed E-state index contributed by atoms with van der Waals surface area (Å²) >= 11 is 0. The number of hydrogen-bond acceptors (Lipinski definition) is 4. The fourth-order valence-corrected chi connectivity index (χ4v) is 2.68. The van der Waals surface area contributed by atoms with Crippen LogP contribution in [0.5, 0.6) is 17.2 Å². The number of nitrogens with two attached hydrogens (primary N) is 1.